The van der Waals surface area contributed by atoms with Crippen LogP contribution in [0.3, 0.4) is 0 Å². The van der Waals surface area contributed by atoms with Gasteiger partial charge in [0.15, 0.2) is 0 Å². The zero-order chi connectivity index (χ0) is 17.2. The van der Waals surface area contributed by atoms with Crippen LogP contribution in [0.1, 0.15) is 0 Å². The molecule has 0 saturated heterocycles. The molecule has 5 nitrogen and oxygen atoms in total. The lowest BCUT2D eigenvalue weighted by atomic mass is 10.2. The Labute approximate surface area is 147 Å². The van der Waals surface area contributed by atoms with Crippen LogP contribution in [0.5, 0.6) is 0 Å². The highest BCUT2D eigenvalue weighted by atomic mass is 35.5. The maximum Gasteiger partial charge on any atom is 0.223 e. The molecule has 0 amide bonds. The molecule has 0 spiro atoms. The SMILES string of the molecule is C[Si](C)(C)CCOCn1ccc2nc(Cl)nc(-c3cccnc3)c21. The van der Waals surface area contributed by atoms with Gasteiger partial charge in [-0.1, -0.05) is 19.6 Å². The van der Waals surface area contributed by atoms with Crippen molar-refractivity contribution in [2.45, 2.75) is 32.4 Å². The number of aromatic nitrogens is 4. The largest absolute Gasteiger partial charge is 0.361 e. The van der Waals surface area contributed by atoms with E-state index in [0.717, 1.165) is 34.9 Å². The van der Waals surface area contributed by atoms with Crippen molar-refractivity contribution in [3.63, 3.8) is 0 Å². The van der Waals surface area contributed by atoms with Gasteiger partial charge in [0.1, 0.15) is 12.4 Å². The minimum Gasteiger partial charge on any atom is -0.361 e. The van der Waals surface area contributed by atoms with Crippen LogP contribution in [0.4, 0.5) is 0 Å². The number of hydrogen-bond donors (Lipinski definition) is 0. The van der Waals surface area contributed by atoms with E-state index >= 15 is 0 Å². The van der Waals surface area contributed by atoms with Crippen LogP contribution in [-0.4, -0.2) is 34.2 Å². The Morgan fingerprint density at radius 3 is 2.75 bits per heavy atom. The molecule has 126 valence electrons. The van der Waals surface area contributed by atoms with Gasteiger partial charge in [-0.15, -0.1) is 0 Å². The van der Waals surface area contributed by atoms with E-state index in [1.165, 1.54) is 0 Å². The van der Waals surface area contributed by atoms with Crippen LogP contribution in [-0.2, 0) is 11.5 Å². The first kappa shape index (κ1) is 17.1. The minimum atomic E-state index is -1.09. The van der Waals surface area contributed by atoms with E-state index in [1.54, 1.807) is 12.4 Å². The second-order valence-electron chi connectivity index (χ2n) is 6.95. The zero-order valence-corrected chi connectivity index (χ0v) is 15.9. The first-order valence-corrected chi connectivity index (χ1v) is 12.0. The molecule has 0 aliphatic heterocycles. The number of fused-ring (bicyclic) bond motifs is 1. The normalized spacial score (nSPS) is 12.0. The molecule has 3 heterocycles. The average molecular weight is 361 g/mol. The van der Waals surface area contributed by atoms with Gasteiger partial charge in [-0.25, -0.2) is 9.97 Å². The lowest BCUT2D eigenvalue weighted by Crippen LogP contribution is -2.22. The van der Waals surface area contributed by atoms with E-state index in [4.69, 9.17) is 16.3 Å². The van der Waals surface area contributed by atoms with Crippen LogP contribution in [0, 0.1) is 0 Å². The molecule has 0 aliphatic rings. The van der Waals surface area contributed by atoms with Crippen LogP contribution >= 0.6 is 11.6 Å². The average Bonchev–Trinajstić information content (AvgIpc) is 2.93. The summed E-state index contributed by atoms with van der Waals surface area (Å²) in [5.41, 5.74) is 3.41. The van der Waals surface area contributed by atoms with Crippen LogP contribution < -0.4 is 0 Å². The highest BCUT2D eigenvalue weighted by Crippen LogP contribution is 2.27. The van der Waals surface area contributed by atoms with Crippen LogP contribution in [0.15, 0.2) is 36.8 Å². The third-order valence-electron chi connectivity index (χ3n) is 3.75. The van der Waals surface area contributed by atoms with Crippen molar-refractivity contribution in [2.75, 3.05) is 6.61 Å². The lowest BCUT2D eigenvalue weighted by Gasteiger charge is -2.16. The Morgan fingerprint density at radius 2 is 2.04 bits per heavy atom. The Kier molecular flexibility index (Phi) is 4.98. The van der Waals surface area contributed by atoms with Crippen molar-refractivity contribution in [1.29, 1.82) is 0 Å². The molecule has 24 heavy (non-hydrogen) atoms. The second-order valence-corrected chi connectivity index (χ2v) is 12.9. The fourth-order valence-corrected chi connectivity index (χ4v) is 3.36. The van der Waals surface area contributed by atoms with Gasteiger partial charge >= 0.3 is 0 Å². The van der Waals surface area contributed by atoms with E-state index in [0.29, 0.717) is 6.73 Å². The van der Waals surface area contributed by atoms with Crippen molar-refractivity contribution in [2.24, 2.45) is 0 Å². The number of nitrogens with zero attached hydrogens (tertiary/aromatic N) is 4. The molecule has 3 aromatic heterocycles. The minimum absolute atomic E-state index is 0.235. The Morgan fingerprint density at radius 1 is 1.21 bits per heavy atom. The third-order valence-corrected chi connectivity index (χ3v) is 5.62. The molecule has 7 heteroatoms. The Hall–Kier alpha value is -1.76. The summed E-state index contributed by atoms with van der Waals surface area (Å²) >= 11 is 6.08. The van der Waals surface area contributed by atoms with Gasteiger partial charge in [0.2, 0.25) is 5.28 Å². The molecule has 3 aromatic rings. The quantitative estimate of drug-likeness (QED) is 0.370. The standard InChI is InChI=1S/C17H21ClN4OSi/c1-24(2,3)10-9-23-12-22-8-6-14-16(22)15(21-17(18)20-14)13-5-4-7-19-11-13/h4-8,11H,9-10,12H2,1-3H3. The van der Waals surface area contributed by atoms with E-state index < -0.39 is 8.07 Å². The second kappa shape index (κ2) is 7.00. The summed E-state index contributed by atoms with van der Waals surface area (Å²) in [4.78, 5) is 12.9. The predicted octanol–water partition coefficient (Wildman–Crippen LogP) is 4.46. The number of halogens is 1. The topological polar surface area (TPSA) is 52.8 Å². The molecule has 3 rings (SSSR count). The summed E-state index contributed by atoms with van der Waals surface area (Å²) in [5.74, 6) is 0. The van der Waals surface area contributed by atoms with Crippen molar-refractivity contribution in [3.05, 3.63) is 42.1 Å². The molecule has 0 bridgehead atoms. The molecule has 0 N–H and O–H groups in total. The molecule has 0 aliphatic carbocycles. The summed E-state index contributed by atoms with van der Waals surface area (Å²) in [6, 6.07) is 6.93. The maximum absolute atomic E-state index is 6.08. The van der Waals surface area contributed by atoms with E-state index in [-0.39, 0.29) is 5.28 Å². The molecule has 0 saturated carbocycles. The van der Waals surface area contributed by atoms with Gasteiger partial charge in [0.05, 0.1) is 11.0 Å². The van der Waals surface area contributed by atoms with Gasteiger partial charge < -0.3 is 9.30 Å². The fraction of sp³-hybridized carbons (Fsp3) is 0.353. The first-order valence-electron chi connectivity index (χ1n) is 7.94. The van der Waals surface area contributed by atoms with Gasteiger partial charge in [-0.3, -0.25) is 4.98 Å². The van der Waals surface area contributed by atoms with Crippen molar-refractivity contribution in [1.82, 2.24) is 19.5 Å². The number of pyridine rings is 1. The highest BCUT2D eigenvalue weighted by molar-refractivity contribution is 6.76. The van der Waals surface area contributed by atoms with Gasteiger partial charge in [0, 0.05) is 38.8 Å². The monoisotopic (exact) mass is 360 g/mol. The first-order chi connectivity index (χ1) is 11.4. The van der Waals surface area contributed by atoms with Crippen molar-refractivity contribution >= 4 is 30.7 Å². The van der Waals surface area contributed by atoms with E-state index in [9.17, 15) is 0 Å². The lowest BCUT2D eigenvalue weighted by molar-refractivity contribution is 0.0902. The number of hydrogen-bond acceptors (Lipinski definition) is 4. The zero-order valence-electron chi connectivity index (χ0n) is 14.2. The summed E-state index contributed by atoms with van der Waals surface area (Å²) in [5, 5.41) is 0.235. The van der Waals surface area contributed by atoms with Gasteiger partial charge in [0.25, 0.3) is 0 Å². The summed E-state index contributed by atoms with van der Waals surface area (Å²) in [6.07, 6.45) is 5.48. The summed E-state index contributed by atoms with van der Waals surface area (Å²) in [7, 11) is -1.09. The van der Waals surface area contributed by atoms with E-state index in [1.807, 2.05) is 29.0 Å². The van der Waals surface area contributed by atoms with Gasteiger partial charge in [-0.05, 0) is 35.8 Å². The molecule has 0 fully saturated rings. The molecule has 0 atom stereocenters. The Bertz CT molecular complexity index is 830. The highest BCUT2D eigenvalue weighted by Gasteiger charge is 2.15. The molecule has 0 radical (unpaired) electrons. The van der Waals surface area contributed by atoms with Crippen molar-refractivity contribution < 1.29 is 4.74 Å². The smallest absolute Gasteiger partial charge is 0.223 e. The molecular formula is C17H21ClN4OSi. The maximum atomic E-state index is 6.08. The third kappa shape index (κ3) is 4.01. The molecular weight excluding hydrogens is 340 g/mol. The fourth-order valence-electron chi connectivity index (χ4n) is 2.43. The van der Waals surface area contributed by atoms with Crippen molar-refractivity contribution in [3.8, 4) is 11.3 Å². The van der Waals surface area contributed by atoms with Gasteiger partial charge in [-0.2, -0.15) is 0 Å². The molecule has 0 aromatic carbocycles. The van der Waals surface area contributed by atoms with Crippen LogP contribution in [0.2, 0.25) is 31.0 Å². The predicted molar refractivity (Wildman–Crippen MR) is 99.9 cm³/mol. The van der Waals surface area contributed by atoms with Crippen LogP contribution in [0.25, 0.3) is 22.3 Å². The number of ether oxygens (including phenoxy) is 1. The summed E-state index contributed by atoms with van der Waals surface area (Å²) < 4.78 is 7.90. The molecule has 0 unspecified atom stereocenters. The van der Waals surface area contributed by atoms with E-state index in [2.05, 4.69) is 34.6 Å². The summed E-state index contributed by atoms with van der Waals surface area (Å²) in [6.45, 7) is 8.28. The Balaban J connectivity index is 1.90. The number of rotatable bonds is 6.